The van der Waals surface area contributed by atoms with Crippen molar-refractivity contribution in [2.45, 2.75) is 6.92 Å². The van der Waals surface area contributed by atoms with E-state index in [-0.39, 0.29) is 5.57 Å². The van der Waals surface area contributed by atoms with E-state index in [2.05, 4.69) is 31.5 Å². The standard InChI is InChI=1S/C16H13BrN4O/c1-11-2-4-14(5-3-11)21-16(22)12(9-18)10-20-15-8-13(17)6-7-19-15/h2-8,10H,1H3,(H,19,20)(H,21,22)/b12-10-. The lowest BCUT2D eigenvalue weighted by atomic mass is 10.2. The maximum absolute atomic E-state index is 12.0. The molecule has 0 aliphatic rings. The van der Waals surface area contributed by atoms with Gasteiger partial charge in [0, 0.05) is 22.6 Å². The van der Waals surface area contributed by atoms with Crippen molar-refractivity contribution < 1.29 is 4.79 Å². The van der Waals surface area contributed by atoms with Crippen LogP contribution in [0.1, 0.15) is 5.56 Å². The second-order valence-electron chi connectivity index (χ2n) is 4.49. The molecule has 1 aromatic heterocycles. The van der Waals surface area contributed by atoms with E-state index < -0.39 is 5.91 Å². The van der Waals surface area contributed by atoms with Crippen molar-refractivity contribution in [2.24, 2.45) is 0 Å². The first-order valence-corrected chi connectivity index (χ1v) is 7.24. The van der Waals surface area contributed by atoms with Gasteiger partial charge in [0.15, 0.2) is 0 Å². The molecule has 0 spiro atoms. The maximum atomic E-state index is 12.0. The van der Waals surface area contributed by atoms with Gasteiger partial charge in [-0.05, 0) is 31.2 Å². The van der Waals surface area contributed by atoms with Crippen molar-refractivity contribution >= 4 is 33.3 Å². The van der Waals surface area contributed by atoms with Gasteiger partial charge >= 0.3 is 0 Å². The lowest BCUT2D eigenvalue weighted by Gasteiger charge is -2.05. The van der Waals surface area contributed by atoms with Gasteiger partial charge in [0.1, 0.15) is 17.5 Å². The number of carbonyl (C=O) groups excluding carboxylic acids is 1. The number of nitrogens with zero attached hydrogens (tertiary/aromatic N) is 2. The summed E-state index contributed by atoms with van der Waals surface area (Å²) in [5.74, 6) is 0.0547. The summed E-state index contributed by atoms with van der Waals surface area (Å²) < 4.78 is 0.848. The highest BCUT2D eigenvalue weighted by Gasteiger charge is 2.09. The Labute approximate surface area is 136 Å². The topological polar surface area (TPSA) is 77.8 Å². The molecule has 0 unspecified atom stereocenters. The Kier molecular flexibility index (Phi) is 5.28. The first-order valence-electron chi connectivity index (χ1n) is 6.45. The largest absolute Gasteiger partial charge is 0.345 e. The van der Waals surface area contributed by atoms with Crippen LogP contribution in [-0.2, 0) is 4.79 Å². The number of amides is 1. The smallest absolute Gasteiger partial charge is 0.267 e. The third-order valence-electron chi connectivity index (χ3n) is 2.76. The number of nitriles is 1. The molecule has 0 atom stereocenters. The molecule has 110 valence electrons. The lowest BCUT2D eigenvalue weighted by molar-refractivity contribution is -0.112. The normalized spacial score (nSPS) is 10.7. The molecule has 1 heterocycles. The van der Waals surface area contributed by atoms with Crippen LogP contribution in [0.2, 0.25) is 0 Å². The number of aromatic nitrogens is 1. The van der Waals surface area contributed by atoms with E-state index in [4.69, 9.17) is 5.26 Å². The molecule has 5 nitrogen and oxygen atoms in total. The van der Waals surface area contributed by atoms with Gasteiger partial charge in [-0.2, -0.15) is 5.26 Å². The molecule has 0 fully saturated rings. The molecule has 0 saturated carbocycles. The fraction of sp³-hybridized carbons (Fsp3) is 0.0625. The summed E-state index contributed by atoms with van der Waals surface area (Å²) in [6.45, 7) is 1.96. The van der Waals surface area contributed by atoms with Crippen LogP contribution in [0.4, 0.5) is 11.5 Å². The van der Waals surface area contributed by atoms with Gasteiger partial charge in [-0.1, -0.05) is 33.6 Å². The number of hydrogen-bond donors (Lipinski definition) is 2. The van der Waals surface area contributed by atoms with Crippen LogP contribution in [0.5, 0.6) is 0 Å². The first-order chi connectivity index (χ1) is 10.6. The third kappa shape index (κ3) is 4.43. The number of carbonyl (C=O) groups is 1. The van der Waals surface area contributed by atoms with Crippen LogP contribution in [-0.4, -0.2) is 10.9 Å². The Morgan fingerprint density at radius 3 is 2.68 bits per heavy atom. The third-order valence-corrected chi connectivity index (χ3v) is 3.25. The highest BCUT2D eigenvalue weighted by atomic mass is 79.9. The van der Waals surface area contributed by atoms with E-state index in [1.807, 2.05) is 25.1 Å². The quantitative estimate of drug-likeness (QED) is 0.647. The molecule has 6 heteroatoms. The van der Waals surface area contributed by atoms with E-state index in [1.54, 1.807) is 30.5 Å². The summed E-state index contributed by atoms with van der Waals surface area (Å²) in [5.41, 5.74) is 1.69. The molecule has 0 radical (unpaired) electrons. The van der Waals surface area contributed by atoms with Crippen LogP contribution in [0, 0.1) is 18.3 Å². The number of anilines is 2. The average molecular weight is 357 g/mol. The predicted octanol–water partition coefficient (Wildman–Crippen LogP) is 3.61. The average Bonchev–Trinajstić information content (AvgIpc) is 2.50. The van der Waals surface area contributed by atoms with Crippen molar-refractivity contribution in [1.29, 1.82) is 5.26 Å². The Morgan fingerprint density at radius 1 is 1.32 bits per heavy atom. The van der Waals surface area contributed by atoms with Crippen molar-refractivity contribution in [1.82, 2.24) is 4.98 Å². The lowest BCUT2D eigenvalue weighted by Crippen LogP contribution is -2.14. The SMILES string of the molecule is Cc1ccc(NC(=O)/C(C#N)=C\Nc2cc(Br)ccn2)cc1. The van der Waals surface area contributed by atoms with Crippen molar-refractivity contribution in [3.8, 4) is 6.07 Å². The summed E-state index contributed by atoms with van der Waals surface area (Å²) in [6.07, 6.45) is 2.94. The van der Waals surface area contributed by atoms with Gasteiger partial charge in [-0.3, -0.25) is 4.79 Å². The molecule has 2 N–H and O–H groups in total. The summed E-state index contributed by atoms with van der Waals surface area (Å²) in [7, 11) is 0. The van der Waals surface area contributed by atoms with E-state index >= 15 is 0 Å². The maximum Gasteiger partial charge on any atom is 0.267 e. The van der Waals surface area contributed by atoms with Crippen molar-refractivity contribution in [3.63, 3.8) is 0 Å². The zero-order valence-corrected chi connectivity index (χ0v) is 13.4. The second kappa shape index (κ2) is 7.38. The Balaban J connectivity index is 2.07. The number of benzene rings is 1. The van der Waals surface area contributed by atoms with Crippen LogP contribution in [0.15, 0.2) is 58.8 Å². The second-order valence-corrected chi connectivity index (χ2v) is 5.41. The molecule has 1 aromatic carbocycles. The minimum atomic E-state index is -0.478. The van der Waals surface area contributed by atoms with Crippen LogP contribution >= 0.6 is 15.9 Å². The van der Waals surface area contributed by atoms with Crippen molar-refractivity contribution in [2.75, 3.05) is 10.6 Å². The number of halogens is 1. The molecule has 1 amide bonds. The van der Waals surface area contributed by atoms with Gasteiger partial charge in [0.25, 0.3) is 5.91 Å². The monoisotopic (exact) mass is 356 g/mol. The highest BCUT2D eigenvalue weighted by molar-refractivity contribution is 9.10. The van der Waals surface area contributed by atoms with E-state index in [0.717, 1.165) is 10.0 Å². The van der Waals surface area contributed by atoms with Gasteiger partial charge in [0.2, 0.25) is 0 Å². The first kappa shape index (κ1) is 15.7. The van der Waals surface area contributed by atoms with Gasteiger partial charge in [-0.15, -0.1) is 0 Å². The fourth-order valence-corrected chi connectivity index (χ4v) is 1.95. The summed E-state index contributed by atoms with van der Waals surface area (Å²) >= 11 is 3.32. The number of nitrogens with one attached hydrogen (secondary N) is 2. The number of aryl methyl sites for hydroxylation is 1. The number of hydrogen-bond acceptors (Lipinski definition) is 4. The molecule has 2 rings (SSSR count). The molecule has 0 aliphatic carbocycles. The molecule has 0 saturated heterocycles. The van der Waals surface area contributed by atoms with Crippen LogP contribution in [0.3, 0.4) is 0 Å². The van der Waals surface area contributed by atoms with E-state index in [1.165, 1.54) is 6.20 Å². The predicted molar refractivity (Wildman–Crippen MR) is 89.1 cm³/mol. The van der Waals surface area contributed by atoms with Gasteiger partial charge in [0.05, 0.1) is 0 Å². The Bertz CT molecular complexity index is 747. The van der Waals surface area contributed by atoms with Crippen LogP contribution in [0.25, 0.3) is 0 Å². The minimum absolute atomic E-state index is 0.0395. The molecular weight excluding hydrogens is 344 g/mol. The number of pyridine rings is 1. The zero-order chi connectivity index (χ0) is 15.9. The van der Waals surface area contributed by atoms with Gasteiger partial charge < -0.3 is 10.6 Å². The fourth-order valence-electron chi connectivity index (χ4n) is 1.61. The summed E-state index contributed by atoms with van der Waals surface area (Å²) in [6, 6.07) is 12.7. The van der Waals surface area contributed by atoms with Crippen molar-refractivity contribution in [3.05, 3.63) is 64.4 Å². The van der Waals surface area contributed by atoms with E-state index in [9.17, 15) is 4.79 Å². The Hall–Kier alpha value is -2.65. The zero-order valence-electron chi connectivity index (χ0n) is 11.8. The molecular formula is C16H13BrN4O. The van der Waals surface area contributed by atoms with E-state index in [0.29, 0.717) is 11.5 Å². The Morgan fingerprint density at radius 2 is 2.05 bits per heavy atom. The highest BCUT2D eigenvalue weighted by Crippen LogP contribution is 2.13. The molecule has 2 aromatic rings. The summed E-state index contributed by atoms with van der Waals surface area (Å²) in [4.78, 5) is 16.1. The van der Waals surface area contributed by atoms with Gasteiger partial charge in [-0.25, -0.2) is 4.98 Å². The molecule has 0 aliphatic heterocycles. The molecule has 0 bridgehead atoms. The summed E-state index contributed by atoms with van der Waals surface area (Å²) in [5, 5.41) is 14.6. The molecule has 22 heavy (non-hydrogen) atoms. The minimum Gasteiger partial charge on any atom is -0.345 e. The number of rotatable bonds is 4. The van der Waals surface area contributed by atoms with Crippen LogP contribution < -0.4 is 10.6 Å².